The number of rotatable bonds is 6. The molecule has 0 bridgehead atoms. The van der Waals surface area contributed by atoms with Crippen LogP contribution in [0.4, 0.5) is 0 Å². The fourth-order valence-electron chi connectivity index (χ4n) is 1.36. The summed E-state index contributed by atoms with van der Waals surface area (Å²) in [6.45, 7) is 0.669. The molecule has 17 heavy (non-hydrogen) atoms. The Morgan fingerprint density at radius 1 is 1.35 bits per heavy atom. The first-order chi connectivity index (χ1) is 8.22. The first-order valence-electron chi connectivity index (χ1n) is 5.29. The zero-order valence-corrected chi connectivity index (χ0v) is 12.1. The molecule has 0 radical (unpaired) electrons. The Bertz CT molecular complexity index is 382. The third-order valence-corrected chi connectivity index (χ3v) is 3.01. The summed E-state index contributed by atoms with van der Waals surface area (Å²) < 4.78 is 11.3. The zero-order chi connectivity index (χ0) is 12.7. The minimum absolute atomic E-state index is 0.134. The van der Waals surface area contributed by atoms with Crippen LogP contribution in [0.15, 0.2) is 18.2 Å². The molecular weight excluding hydrogens is 333 g/mol. The summed E-state index contributed by atoms with van der Waals surface area (Å²) >= 11 is 2.28. The molecule has 0 atom stereocenters. The normalized spacial score (nSPS) is 9.82. The van der Waals surface area contributed by atoms with E-state index in [1.165, 1.54) is 0 Å². The molecule has 1 N–H and O–H groups in total. The molecule has 5 heteroatoms. The lowest BCUT2D eigenvalue weighted by Gasteiger charge is -2.10. The van der Waals surface area contributed by atoms with Crippen molar-refractivity contribution in [2.75, 3.05) is 25.2 Å². The minimum atomic E-state index is -0.134. The van der Waals surface area contributed by atoms with E-state index >= 15 is 0 Å². The number of amides is 1. The topological polar surface area (TPSA) is 47.6 Å². The third-order valence-electron chi connectivity index (χ3n) is 2.25. The van der Waals surface area contributed by atoms with E-state index < -0.39 is 0 Å². The predicted molar refractivity (Wildman–Crippen MR) is 75.4 cm³/mol. The van der Waals surface area contributed by atoms with Crippen molar-refractivity contribution in [2.24, 2.45) is 0 Å². The van der Waals surface area contributed by atoms with Gasteiger partial charge in [0, 0.05) is 11.0 Å². The zero-order valence-electron chi connectivity index (χ0n) is 9.96. The molecule has 1 amide bonds. The maximum Gasteiger partial charge on any atom is 0.255 e. The summed E-state index contributed by atoms with van der Waals surface area (Å²) in [4.78, 5) is 11.9. The summed E-state index contributed by atoms with van der Waals surface area (Å²) in [5, 5.41) is 2.85. The van der Waals surface area contributed by atoms with Gasteiger partial charge in [-0.25, -0.2) is 0 Å². The van der Waals surface area contributed by atoms with E-state index in [0.29, 0.717) is 23.6 Å². The van der Waals surface area contributed by atoms with Crippen LogP contribution >= 0.6 is 22.6 Å². The van der Waals surface area contributed by atoms with E-state index in [1.807, 2.05) is 0 Å². The van der Waals surface area contributed by atoms with Crippen LogP contribution in [0.1, 0.15) is 16.8 Å². The number of benzene rings is 1. The highest BCUT2D eigenvalue weighted by Crippen LogP contribution is 2.23. The van der Waals surface area contributed by atoms with Gasteiger partial charge in [0.05, 0.1) is 19.8 Å². The molecule has 0 saturated heterocycles. The number of hydrogen-bond donors (Lipinski definition) is 1. The van der Waals surface area contributed by atoms with Crippen molar-refractivity contribution >= 4 is 28.5 Å². The lowest BCUT2D eigenvalue weighted by molar-refractivity contribution is 0.0950. The molecule has 1 aromatic rings. The first-order valence-corrected chi connectivity index (χ1v) is 6.81. The number of methoxy groups -OCH3 is 2. The number of ether oxygens (including phenoxy) is 2. The third kappa shape index (κ3) is 4.07. The lowest BCUT2D eigenvalue weighted by Crippen LogP contribution is -2.25. The van der Waals surface area contributed by atoms with Gasteiger partial charge in [-0.2, -0.15) is 0 Å². The van der Waals surface area contributed by atoms with Gasteiger partial charge in [0.25, 0.3) is 5.91 Å². The van der Waals surface area contributed by atoms with Gasteiger partial charge < -0.3 is 14.8 Å². The Hall–Kier alpha value is -0.980. The quantitative estimate of drug-likeness (QED) is 0.487. The summed E-state index contributed by atoms with van der Waals surface area (Å²) in [5.41, 5.74) is 0.500. The van der Waals surface area contributed by atoms with E-state index in [2.05, 4.69) is 27.9 Å². The average molecular weight is 349 g/mol. The molecule has 1 rings (SSSR count). The van der Waals surface area contributed by atoms with Crippen molar-refractivity contribution in [3.8, 4) is 11.5 Å². The van der Waals surface area contributed by atoms with E-state index in [1.54, 1.807) is 32.4 Å². The average Bonchev–Trinajstić information content (AvgIpc) is 2.38. The fraction of sp³-hybridized carbons (Fsp3) is 0.417. The fourth-order valence-corrected chi connectivity index (χ4v) is 1.74. The van der Waals surface area contributed by atoms with Gasteiger partial charge in [-0.3, -0.25) is 4.79 Å². The number of carbonyl (C=O) groups excluding carboxylic acids is 1. The number of carbonyl (C=O) groups is 1. The van der Waals surface area contributed by atoms with Gasteiger partial charge in [-0.05, 0) is 24.6 Å². The van der Waals surface area contributed by atoms with E-state index in [9.17, 15) is 4.79 Å². The Kier molecular flexibility index (Phi) is 6.10. The van der Waals surface area contributed by atoms with Crippen LogP contribution < -0.4 is 14.8 Å². The Morgan fingerprint density at radius 2 is 2.12 bits per heavy atom. The number of hydrogen-bond acceptors (Lipinski definition) is 3. The van der Waals surface area contributed by atoms with Gasteiger partial charge in [0.2, 0.25) is 0 Å². The van der Waals surface area contributed by atoms with Crippen molar-refractivity contribution in [3.05, 3.63) is 23.8 Å². The summed E-state index contributed by atoms with van der Waals surface area (Å²) in [6.07, 6.45) is 0.957. The van der Waals surface area contributed by atoms with E-state index in [0.717, 1.165) is 10.8 Å². The van der Waals surface area contributed by atoms with Crippen LogP contribution in [-0.4, -0.2) is 31.1 Å². The molecule has 94 valence electrons. The molecule has 0 unspecified atom stereocenters. The van der Waals surface area contributed by atoms with E-state index in [4.69, 9.17) is 9.47 Å². The maximum atomic E-state index is 11.9. The standard InChI is InChI=1S/C12H16INO3/c1-16-9-4-5-11(17-2)10(8-9)12(15)14-7-3-6-13/h4-5,8H,3,6-7H2,1-2H3,(H,14,15). The van der Waals surface area contributed by atoms with Gasteiger partial charge in [-0.15, -0.1) is 0 Å². The first kappa shape index (κ1) is 14.1. The maximum absolute atomic E-state index is 11.9. The summed E-state index contributed by atoms with van der Waals surface area (Å²) in [6, 6.07) is 5.17. The van der Waals surface area contributed by atoms with E-state index in [-0.39, 0.29) is 5.91 Å². The molecule has 0 fully saturated rings. The molecule has 0 aliphatic rings. The number of nitrogens with one attached hydrogen (secondary N) is 1. The second-order valence-corrected chi connectivity index (χ2v) is 4.44. The molecule has 0 saturated carbocycles. The van der Waals surface area contributed by atoms with Crippen molar-refractivity contribution in [3.63, 3.8) is 0 Å². The second-order valence-electron chi connectivity index (χ2n) is 3.36. The van der Waals surface area contributed by atoms with Crippen LogP contribution in [0.3, 0.4) is 0 Å². The largest absolute Gasteiger partial charge is 0.497 e. The Morgan fingerprint density at radius 3 is 2.71 bits per heavy atom. The molecule has 0 aliphatic heterocycles. The smallest absolute Gasteiger partial charge is 0.255 e. The molecule has 0 spiro atoms. The van der Waals surface area contributed by atoms with Crippen molar-refractivity contribution < 1.29 is 14.3 Å². The van der Waals surface area contributed by atoms with Gasteiger partial charge in [0.15, 0.2) is 0 Å². The molecular formula is C12H16INO3. The van der Waals surface area contributed by atoms with Crippen LogP contribution in [0.25, 0.3) is 0 Å². The molecule has 1 aromatic carbocycles. The Balaban J connectivity index is 2.82. The van der Waals surface area contributed by atoms with Crippen LogP contribution in [0.2, 0.25) is 0 Å². The second kappa shape index (κ2) is 7.37. The highest BCUT2D eigenvalue weighted by Gasteiger charge is 2.12. The summed E-state index contributed by atoms with van der Waals surface area (Å²) in [5.74, 6) is 1.06. The van der Waals surface area contributed by atoms with Gasteiger partial charge in [0.1, 0.15) is 11.5 Å². The van der Waals surface area contributed by atoms with Crippen molar-refractivity contribution in [1.29, 1.82) is 0 Å². The minimum Gasteiger partial charge on any atom is -0.497 e. The lowest BCUT2D eigenvalue weighted by atomic mass is 10.1. The monoisotopic (exact) mass is 349 g/mol. The molecule has 0 aliphatic carbocycles. The number of alkyl halides is 1. The SMILES string of the molecule is COc1ccc(OC)c(C(=O)NCCCI)c1. The van der Waals surface area contributed by atoms with Crippen molar-refractivity contribution in [2.45, 2.75) is 6.42 Å². The number of halogens is 1. The molecule has 0 aromatic heterocycles. The van der Waals surface area contributed by atoms with Crippen LogP contribution in [-0.2, 0) is 0 Å². The highest BCUT2D eigenvalue weighted by molar-refractivity contribution is 14.1. The predicted octanol–water partition coefficient (Wildman–Crippen LogP) is 2.26. The molecule has 4 nitrogen and oxygen atoms in total. The van der Waals surface area contributed by atoms with Crippen molar-refractivity contribution in [1.82, 2.24) is 5.32 Å². The van der Waals surface area contributed by atoms with Gasteiger partial charge in [-0.1, -0.05) is 22.6 Å². The molecule has 0 heterocycles. The Labute approximate surface area is 115 Å². The summed E-state index contributed by atoms with van der Waals surface area (Å²) in [7, 11) is 3.11. The highest BCUT2D eigenvalue weighted by atomic mass is 127. The van der Waals surface area contributed by atoms with Crippen LogP contribution in [0.5, 0.6) is 11.5 Å². The van der Waals surface area contributed by atoms with Crippen LogP contribution in [0, 0.1) is 0 Å². The van der Waals surface area contributed by atoms with Gasteiger partial charge >= 0.3 is 0 Å².